The number of amides is 1. The lowest BCUT2D eigenvalue weighted by molar-refractivity contribution is -0.123. The molecule has 2 N–H and O–H groups in total. The molecule has 7 heteroatoms. The number of aryl methyl sites for hydroxylation is 1. The summed E-state index contributed by atoms with van der Waals surface area (Å²) in [6, 6.07) is 5.75. The Labute approximate surface area is 147 Å². The third kappa shape index (κ3) is 4.36. The maximum Gasteiger partial charge on any atom is 0.240 e. The molecule has 1 atom stereocenters. The number of nitrogens with zero attached hydrogens (tertiary/aromatic N) is 4. The smallest absolute Gasteiger partial charge is 0.240 e. The van der Waals surface area contributed by atoms with Crippen LogP contribution in [0.4, 0.5) is 5.82 Å². The Morgan fingerprint density at radius 1 is 1.36 bits per heavy atom. The minimum atomic E-state index is -0.937. The van der Waals surface area contributed by atoms with Gasteiger partial charge in [-0.3, -0.25) is 4.79 Å². The maximum atomic E-state index is 12.2. The minimum absolute atomic E-state index is 0.115. The summed E-state index contributed by atoms with van der Waals surface area (Å²) < 4.78 is 1.83. The zero-order valence-corrected chi connectivity index (χ0v) is 14.6. The monoisotopic (exact) mass is 343 g/mol. The van der Waals surface area contributed by atoms with E-state index in [0.29, 0.717) is 13.0 Å². The Hall–Kier alpha value is -2.41. The van der Waals surface area contributed by atoms with Crippen LogP contribution in [0, 0.1) is 0 Å². The van der Waals surface area contributed by atoms with Gasteiger partial charge in [0.05, 0.1) is 5.60 Å². The van der Waals surface area contributed by atoms with Gasteiger partial charge in [0.1, 0.15) is 18.2 Å². The van der Waals surface area contributed by atoms with Crippen molar-refractivity contribution in [2.45, 2.75) is 38.3 Å². The second kappa shape index (κ2) is 7.65. The Bertz CT molecular complexity index is 703. The first-order valence-corrected chi connectivity index (χ1v) is 8.75. The lowest BCUT2D eigenvalue weighted by Crippen LogP contribution is -2.54. The summed E-state index contributed by atoms with van der Waals surface area (Å²) in [5, 5.41) is 13.7. The molecule has 7 nitrogen and oxygen atoms in total. The zero-order chi connectivity index (χ0) is 17.7. The van der Waals surface area contributed by atoms with Crippen molar-refractivity contribution < 1.29 is 9.90 Å². The van der Waals surface area contributed by atoms with Crippen LogP contribution in [0.25, 0.3) is 0 Å². The molecule has 0 saturated carbocycles. The number of β-amino-alcohol motifs (C(OH)–C–C–N with tert-alkyl or cyclic N) is 1. The van der Waals surface area contributed by atoms with E-state index in [1.807, 2.05) is 29.7 Å². The molecule has 3 rings (SSSR count). The number of anilines is 1. The van der Waals surface area contributed by atoms with Gasteiger partial charge in [-0.2, -0.15) is 0 Å². The first kappa shape index (κ1) is 17.4. The molecule has 1 aliphatic heterocycles. The molecule has 1 unspecified atom stereocenters. The van der Waals surface area contributed by atoms with Crippen LogP contribution < -0.4 is 10.2 Å². The molecule has 1 saturated heterocycles. The summed E-state index contributed by atoms with van der Waals surface area (Å²) in [5.41, 5.74) is -0.937. The van der Waals surface area contributed by atoms with Crippen LogP contribution in [0.2, 0.25) is 0 Å². The van der Waals surface area contributed by atoms with Crippen LogP contribution >= 0.6 is 0 Å². The number of hydrogen-bond donors (Lipinski definition) is 2. The van der Waals surface area contributed by atoms with E-state index in [-0.39, 0.29) is 19.0 Å². The number of carbonyl (C=O) groups excluding carboxylic acids is 1. The summed E-state index contributed by atoms with van der Waals surface area (Å²) in [4.78, 5) is 22.9. The fraction of sp³-hybridized carbons (Fsp3) is 0.500. The van der Waals surface area contributed by atoms with Gasteiger partial charge in [-0.25, -0.2) is 9.97 Å². The van der Waals surface area contributed by atoms with Crippen molar-refractivity contribution in [2.24, 2.45) is 0 Å². The molecule has 0 aliphatic carbocycles. The Kier molecular flexibility index (Phi) is 5.33. The number of carbonyl (C=O) groups is 1. The summed E-state index contributed by atoms with van der Waals surface area (Å²) >= 11 is 0. The molecular weight excluding hydrogens is 318 g/mol. The SMILES string of the molecule is CCc1nccn1CC(=O)NCC1(O)CCCN(c2ccccn2)C1. The Morgan fingerprint density at radius 2 is 2.24 bits per heavy atom. The van der Waals surface area contributed by atoms with Crippen molar-refractivity contribution in [3.8, 4) is 0 Å². The number of imidazole rings is 1. The van der Waals surface area contributed by atoms with Crippen LogP contribution in [-0.2, 0) is 17.8 Å². The van der Waals surface area contributed by atoms with Gasteiger partial charge in [-0.05, 0) is 25.0 Å². The molecule has 0 aromatic carbocycles. The van der Waals surface area contributed by atoms with Crippen LogP contribution in [0.1, 0.15) is 25.6 Å². The van der Waals surface area contributed by atoms with Gasteiger partial charge < -0.3 is 19.9 Å². The number of hydrogen-bond acceptors (Lipinski definition) is 5. The van der Waals surface area contributed by atoms with E-state index in [9.17, 15) is 9.90 Å². The fourth-order valence-electron chi connectivity index (χ4n) is 3.27. The maximum absolute atomic E-state index is 12.2. The highest BCUT2D eigenvalue weighted by atomic mass is 16.3. The normalized spacial score (nSPS) is 20.5. The number of nitrogens with one attached hydrogen (secondary N) is 1. The fourth-order valence-corrected chi connectivity index (χ4v) is 3.27. The molecule has 25 heavy (non-hydrogen) atoms. The van der Waals surface area contributed by atoms with E-state index in [1.165, 1.54) is 0 Å². The highest BCUT2D eigenvalue weighted by molar-refractivity contribution is 5.75. The summed E-state index contributed by atoms with van der Waals surface area (Å²) in [7, 11) is 0. The van der Waals surface area contributed by atoms with Gasteiger partial charge in [0, 0.05) is 44.6 Å². The Morgan fingerprint density at radius 3 is 3.00 bits per heavy atom. The van der Waals surface area contributed by atoms with E-state index in [0.717, 1.165) is 31.0 Å². The first-order chi connectivity index (χ1) is 12.1. The van der Waals surface area contributed by atoms with Gasteiger partial charge in [-0.15, -0.1) is 0 Å². The van der Waals surface area contributed by atoms with E-state index < -0.39 is 5.60 Å². The third-order valence-electron chi connectivity index (χ3n) is 4.58. The molecule has 1 amide bonds. The highest BCUT2D eigenvalue weighted by Gasteiger charge is 2.34. The summed E-state index contributed by atoms with van der Waals surface area (Å²) in [5.74, 6) is 1.63. The van der Waals surface area contributed by atoms with Gasteiger partial charge in [0.15, 0.2) is 0 Å². The van der Waals surface area contributed by atoms with Gasteiger partial charge in [-0.1, -0.05) is 13.0 Å². The predicted molar refractivity (Wildman–Crippen MR) is 95.2 cm³/mol. The molecule has 2 aromatic heterocycles. The van der Waals surface area contributed by atoms with Crippen molar-refractivity contribution in [1.29, 1.82) is 0 Å². The summed E-state index contributed by atoms with van der Waals surface area (Å²) in [6.07, 6.45) is 7.57. The van der Waals surface area contributed by atoms with E-state index in [4.69, 9.17) is 0 Å². The second-order valence-corrected chi connectivity index (χ2v) is 6.54. The number of rotatable bonds is 6. The first-order valence-electron chi connectivity index (χ1n) is 8.75. The van der Waals surface area contributed by atoms with E-state index >= 15 is 0 Å². The molecule has 3 heterocycles. The van der Waals surface area contributed by atoms with Gasteiger partial charge >= 0.3 is 0 Å². The Balaban J connectivity index is 1.55. The van der Waals surface area contributed by atoms with Crippen LogP contribution in [0.5, 0.6) is 0 Å². The van der Waals surface area contributed by atoms with Crippen molar-refractivity contribution in [3.63, 3.8) is 0 Å². The van der Waals surface area contributed by atoms with Crippen LogP contribution in [-0.4, -0.2) is 50.8 Å². The molecule has 0 radical (unpaired) electrons. The van der Waals surface area contributed by atoms with Crippen molar-refractivity contribution in [2.75, 3.05) is 24.5 Å². The molecule has 0 bridgehead atoms. The molecule has 2 aromatic rings. The van der Waals surface area contributed by atoms with Crippen molar-refractivity contribution in [3.05, 3.63) is 42.6 Å². The highest BCUT2D eigenvalue weighted by Crippen LogP contribution is 2.24. The molecule has 1 aliphatic rings. The predicted octanol–water partition coefficient (Wildman–Crippen LogP) is 0.988. The van der Waals surface area contributed by atoms with Crippen molar-refractivity contribution >= 4 is 11.7 Å². The zero-order valence-electron chi connectivity index (χ0n) is 14.6. The van der Waals surface area contributed by atoms with Gasteiger partial charge in [0.25, 0.3) is 0 Å². The molecular formula is C18H25N5O2. The molecule has 1 fully saturated rings. The van der Waals surface area contributed by atoms with E-state index in [1.54, 1.807) is 18.6 Å². The number of aliphatic hydroxyl groups is 1. The molecule has 0 spiro atoms. The van der Waals surface area contributed by atoms with Crippen LogP contribution in [0.3, 0.4) is 0 Å². The lowest BCUT2D eigenvalue weighted by Gasteiger charge is -2.39. The standard InChI is InChI=1S/C18H25N5O2/c1-2-15-20-9-11-22(15)12-17(24)21-13-18(25)7-5-10-23(14-18)16-6-3-4-8-19-16/h3-4,6,8-9,11,25H,2,5,7,10,12-14H2,1H3,(H,21,24). The van der Waals surface area contributed by atoms with Gasteiger partial charge in [0.2, 0.25) is 5.91 Å². The van der Waals surface area contributed by atoms with E-state index in [2.05, 4.69) is 20.2 Å². The average Bonchev–Trinajstić information content (AvgIpc) is 3.08. The van der Waals surface area contributed by atoms with Crippen LogP contribution in [0.15, 0.2) is 36.8 Å². The number of piperidine rings is 1. The third-order valence-corrected chi connectivity index (χ3v) is 4.58. The average molecular weight is 343 g/mol. The number of pyridine rings is 1. The second-order valence-electron chi connectivity index (χ2n) is 6.54. The quantitative estimate of drug-likeness (QED) is 0.817. The molecule has 134 valence electrons. The number of aromatic nitrogens is 3. The largest absolute Gasteiger partial charge is 0.386 e. The minimum Gasteiger partial charge on any atom is -0.386 e. The summed E-state index contributed by atoms with van der Waals surface area (Å²) in [6.45, 7) is 3.81. The topological polar surface area (TPSA) is 83.3 Å². The lowest BCUT2D eigenvalue weighted by atomic mass is 9.92. The van der Waals surface area contributed by atoms with Crippen molar-refractivity contribution in [1.82, 2.24) is 19.9 Å².